The van der Waals surface area contributed by atoms with Gasteiger partial charge < -0.3 is 9.88 Å². The summed E-state index contributed by atoms with van der Waals surface area (Å²) >= 11 is 6.08. The molecule has 5 nitrogen and oxygen atoms in total. The van der Waals surface area contributed by atoms with Crippen molar-refractivity contribution in [3.05, 3.63) is 39.9 Å². The van der Waals surface area contributed by atoms with Crippen molar-refractivity contribution >= 4 is 33.5 Å². The molecule has 0 fully saturated rings. The second-order valence-electron chi connectivity index (χ2n) is 6.83. The van der Waals surface area contributed by atoms with Gasteiger partial charge in [-0.15, -0.1) is 0 Å². The Hall–Kier alpha value is -1.85. The molecule has 26 heavy (non-hydrogen) atoms. The van der Waals surface area contributed by atoms with E-state index in [9.17, 15) is 4.79 Å². The van der Waals surface area contributed by atoms with E-state index in [1.54, 1.807) is 10.9 Å². The minimum atomic E-state index is -0.0201. The first-order chi connectivity index (χ1) is 12.6. The summed E-state index contributed by atoms with van der Waals surface area (Å²) in [6, 6.07) is 5.56. The maximum absolute atomic E-state index is 12.9. The highest BCUT2D eigenvalue weighted by molar-refractivity contribution is 6.31. The molecule has 3 rings (SSSR count). The summed E-state index contributed by atoms with van der Waals surface area (Å²) in [6.07, 6.45) is 6.43. The minimum Gasteiger partial charge on any atom is -0.349 e. The Morgan fingerprint density at radius 1 is 1.15 bits per heavy atom. The second-order valence-corrected chi connectivity index (χ2v) is 7.27. The molecular formula is C20H27ClN4O. The Morgan fingerprint density at radius 2 is 1.88 bits per heavy atom. The van der Waals surface area contributed by atoms with Gasteiger partial charge >= 0.3 is 0 Å². The predicted molar refractivity (Wildman–Crippen MR) is 109 cm³/mol. The van der Waals surface area contributed by atoms with Crippen molar-refractivity contribution in [3.63, 3.8) is 0 Å². The van der Waals surface area contributed by atoms with E-state index in [0.29, 0.717) is 22.6 Å². The Morgan fingerprint density at radius 3 is 2.58 bits per heavy atom. The summed E-state index contributed by atoms with van der Waals surface area (Å²) < 4.78 is 1.71. The van der Waals surface area contributed by atoms with Crippen molar-refractivity contribution in [1.29, 1.82) is 0 Å². The summed E-state index contributed by atoms with van der Waals surface area (Å²) in [5.74, 6) is 0. The molecule has 0 radical (unpaired) electrons. The van der Waals surface area contributed by atoms with Crippen molar-refractivity contribution in [2.75, 3.05) is 19.6 Å². The smallest absolute Gasteiger partial charge is 0.277 e. The van der Waals surface area contributed by atoms with Gasteiger partial charge in [0.15, 0.2) is 0 Å². The normalized spacial score (nSPS) is 11.8. The van der Waals surface area contributed by atoms with Gasteiger partial charge in [0.1, 0.15) is 11.0 Å². The number of aromatic nitrogens is 3. The highest BCUT2D eigenvalue weighted by Crippen LogP contribution is 2.24. The zero-order valence-electron chi connectivity index (χ0n) is 15.6. The molecule has 1 aromatic carbocycles. The molecule has 0 aliphatic heterocycles. The van der Waals surface area contributed by atoms with Crippen LogP contribution >= 0.6 is 11.6 Å². The van der Waals surface area contributed by atoms with Crippen LogP contribution in [0, 0.1) is 0 Å². The molecule has 0 aliphatic carbocycles. The van der Waals surface area contributed by atoms with Crippen LogP contribution in [0.2, 0.25) is 5.02 Å². The molecule has 0 atom stereocenters. The van der Waals surface area contributed by atoms with Crippen molar-refractivity contribution in [1.82, 2.24) is 19.4 Å². The van der Waals surface area contributed by atoms with Crippen LogP contribution in [-0.4, -0.2) is 39.1 Å². The van der Waals surface area contributed by atoms with E-state index in [2.05, 4.69) is 28.7 Å². The van der Waals surface area contributed by atoms with E-state index < -0.39 is 0 Å². The van der Waals surface area contributed by atoms with Gasteiger partial charge in [-0.2, -0.15) is 0 Å². The Balaban J connectivity index is 1.82. The van der Waals surface area contributed by atoms with Gasteiger partial charge in [-0.05, 0) is 44.1 Å². The topological polar surface area (TPSA) is 53.9 Å². The van der Waals surface area contributed by atoms with Gasteiger partial charge in [0.25, 0.3) is 5.56 Å². The standard InChI is InChI=1S/C20H27ClN4O/c1-3-5-9-24(10-6-4-2)11-12-25-14-22-18-16-13-15(21)7-8-17(16)23-19(18)20(25)26/h7-8,13-14,23H,3-6,9-12H2,1-2H3. The van der Waals surface area contributed by atoms with E-state index in [1.165, 1.54) is 25.7 Å². The quantitative estimate of drug-likeness (QED) is 0.602. The largest absolute Gasteiger partial charge is 0.349 e. The molecule has 0 saturated heterocycles. The van der Waals surface area contributed by atoms with E-state index in [-0.39, 0.29) is 5.56 Å². The molecule has 0 unspecified atom stereocenters. The van der Waals surface area contributed by atoms with Crippen LogP contribution < -0.4 is 5.56 Å². The first-order valence-corrected chi connectivity index (χ1v) is 9.90. The molecule has 0 amide bonds. The molecular weight excluding hydrogens is 348 g/mol. The molecule has 1 N–H and O–H groups in total. The molecule has 2 heterocycles. The van der Waals surface area contributed by atoms with Gasteiger partial charge in [0.05, 0.1) is 6.33 Å². The number of hydrogen-bond donors (Lipinski definition) is 1. The maximum Gasteiger partial charge on any atom is 0.277 e. The van der Waals surface area contributed by atoms with E-state index in [1.807, 2.05) is 18.2 Å². The molecule has 0 spiro atoms. The Bertz CT molecular complexity index is 923. The Kier molecular flexibility index (Phi) is 6.33. The molecule has 0 bridgehead atoms. The number of nitrogens with zero attached hydrogens (tertiary/aromatic N) is 3. The second kappa shape index (κ2) is 8.69. The summed E-state index contributed by atoms with van der Waals surface area (Å²) in [6.45, 7) is 8.13. The number of unbranched alkanes of at least 4 members (excludes halogenated alkanes) is 2. The summed E-state index contributed by atoms with van der Waals surface area (Å²) in [5.41, 5.74) is 2.11. The lowest BCUT2D eigenvalue weighted by molar-refractivity contribution is 0.253. The molecule has 140 valence electrons. The lowest BCUT2D eigenvalue weighted by atomic mass is 10.2. The van der Waals surface area contributed by atoms with E-state index in [0.717, 1.165) is 30.5 Å². The highest BCUT2D eigenvalue weighted by Gasteiger charge is 2.12. The average molecular weight is 375 g/mol. The fourth-order valence-corrected chi connectivity index (χ4v) is 3.44. The number of fused-ring (bicyclic) bond motifs is 3. The number of benzene rings is 1. The number of halogens is 1. The van der Waals surface area contributed by atoms with Crippen LogP contribution in [0.1, 0.15) is 39.5 Å². The average Bonchev–Trinajstić information content (AvgIpc) is 3.01. The molecule has 0 aliphatic rings. The number of nitrogens with one attached hydrogen (secondary N) is 1. The summed E-state index contributed by atoms with van der Waals surface area (Å²) in [7, 11) is 0. The number of rotatable bonds is 9. The molecule has 0 saturated carbocycles. The number of hydrogen-bond acceptors (Lipinski definition) is 3. The highest BCUT2D eigenvalue weighted by atomic mass is 35.5. The fraction of sp³-hybridized carbons (Fsp3) is 0.500. The van der Waals surface area contributed by atoms with Gasteiger partial charge in [0, 0.05) is 29.0 Å². The van der Waals surface area contributed by atoms with E-state index >= 15 is 0 Å². The van der Waals surface area contributed by atoms with Crippen molar-refractivity contribution in [2.24, 2.45) is 0 Å². The van der Waals surface area contributed by atoms with Crippen molar-refractivity contribution in [3.8, 4) is 0 Å². The molecule has 3 aromatic rings. The van der Waals surface area contributed by atoms with Crippen molar-refractivity contribution < 1.29 is 0 Å². The van der Waals surface area contributed by atoms with Crippen LogP contribution in [0.25, 0.3) is 21.9 Å². The first-order valence-electron chi connectivity index (χ1n) is 9.52. The summed E-state index contributed by atoms with van der Waals surface area (Å²) in [4.78, 5) is 23.0. The maximum atomic E-state index is 12.9. The predicted octanol–water partition coefficient (Wildman–Crippen LogP) is 4.43. The zero-order chi connectivity index (χ0) is 18.5. The third-order valence-electron chi connectivity index (χ3n) is 4.85. The number of H-pyrrole nitrogens is 1. The monoisotopic (exact) mass is 374 g/mol. The van der Waals surface area contributed by atoms with E-state index in [4.69, 9.17) is 11.6 Å². The van der Waals surface area contributed by atoms with Gasteiger partial charge in [-0.25, -0.2) is 4.98 Å². The van der Waals surface area contributed by atoms with Crippen LogP contribution in [0.5, 0.6) is 0 Å². The third kappa shape index (κ3) is 4.10. The van der Waals surface area contributed by atoms with Gasteiger partial charge in [-0.3, -0.25) is 9.36 Å². The lowest BCUT2D eigenvalue weighted by Gasteiger charge is -2.22. The number of aromatic amines is 1. The lowest BCUT2D eigenvalue weighted by Crippen LogP contribution is -2.32. The van der Waals surface area contributed by atoms with Crippen molar-refractivity contribution in [2.45, 2.75) is 46.1 Å². The van der Waals surface area contributed by atoms with Crippen LogP contribution in [0.15, 0.2) is 29.3 Å². The third-order valence-corrected chi connectivity index (χ3v) is 5.08. The van der Waals surface area contributed by atoms with Crippen LogP contribution in [0.4, 0.5) is 0 Å². The molecule has 6 heteroatoms. The minimum absolute atomic E-state index is 0.0201. The summed E-state index contributed by atoms with van der Waals surface area (Å²) in [5, 5.41) is 1.54. The van der Waals surface area contributed by atoms with Crippen LogP contribution in [-0.2, 0) is 6.54 Å². The van der Waals surface area contributed by atoms with Gasteiger partial charge in [0.2, 0.25) is 0 Å². The first kappa shape index (κ1) is 18.9. The zero-order valence-corrected chi connectivity index (χ0v) is 16.4. The Labute approximate surface area is 159 Å². The van der Waals surface area contributed by atoms with Gasteiger partial charge in [-0.1, -0.05) is 38.3 Å². The fourth-order valence-electron chi connectivity index (χ4n) is 3.27. The SMILES string of the molecule is CCCCN(CCCC)CCn1cnc2c([nH]c3ccc(Cl)cc32)c1=O. The van der Waals surface area contributed by atoms with Crippen LogP contribution in [0.3, 0.4) is 0 Å². The molecule has 2 aromatic heterocycles.